The highest BCUT2D eigenvalue weighted by atomic mass is 28.3. The van der Waals surface area contributed by atoms with E-state index in [0.29, 0.717) is 6.10 Å². The van der Waals surface area contributed by atoms with E-state index in [1.807, 2.05) is 0 Å². The maximum absolute atomic E-state index is 5.76. The Labute approximate surface area is 134 Å². The summed E-state index contributed by atoms with van der Waals surface area (Å²) in [7, 11) is -1.03. The molecule has 3 heteroatoms. The molecule has 0 bridgehead atoms. The lowest BCUT2D eigenvalue weighted by atomic mass is 10.4. The first-order valence-corrected chi connectivity index (χ1v) is 12.3. The van der Waals surface area contributed by atoms with Crippen molar-refractivity contribution in [2.45, 2.75) is 96.0 Å². The zero-order chi connectivity index (χ0) is 15.4. The standard InChI is InChI=1S/C18H38O2Si/c1-4-7-12-21(13-8-5-2,14-9-6-3)15-10-11-19-16-18-17-20-18/h18H,4-17H2,1-3H3. The molecule has 1 aliphatic heterocycles. The molecule has 0 aromatic rings. The molecular weight excluding hydrogens is 276 g/mol. The highest BCUT2D eigenvalue weighted by Gasteiger charge is 2.30. The second-order valence-electron chi connectivity index (χ2n) is 6.94. The third-order valence-electron chi connectivity index (χ3n) is 4.88. The van der Waals surface area contributed by atoms with E-state index in [1.165, 1.54) is 51.0 Å². The first-order valence-electron chi connectivity index (χ1n) is 9.45. The fourth-order valence-corrected chi connectivity index (χ4v) is 9.04. The van der Waals surface area contributed by atoms with Crippen molar-refractivity contribution in [3.05, 3.63) is 0 Å². The molecule has 1 atom stereocenters. The second-order valence-corrected chi connectivity index (χ2v) is 11.9. The summed E-state index contributed by atoms with van der Waals surface area (Å²) in [6.45, 7) is 9.74. The number of rotatable bonds is 15. The topological polar surface area (TPSA) is 21.8 Å². The Balaban J connectivity index is 2.35. The van der Waals surface area contributed by atoms with Gasteiger partial charge >= 0.3 is 0 Å². The van der Waals surface area contributed by atoms with Crippen molar-refractivity contribution in [1.82, 2.24) is 0 Å². The molecule has 0 spiro atoms. The third kappa shape index (κ3) is 8.99. The van der Waals surface area contributed by atoms with E-state index >= 15 is 0 Å². The summed E-state index contributed by atoms with van der Waals surface area (Å²) in [5.74, 6) is 0. The van der Waals surface area contributed by atoms with Gasteiger partial charge in [-0.1, -0.05) is 83.5 Å². The normalized spacial score (nSPS) is 18.1. The highest BCUT2D eigenvalue weighted by molar-refractivity contribution is 6.79. The molecule has 2 nitrogen and oxygen atoms in total. The molecule has 1 fully saturated rings. The molecule has 21 heavy (non-hydrogen) atoms. The number of hydrogen-bond acceptors (Lipinski definition) is 2. The monoisotopic (exact) mass is 314 g/mol. The van der Waals surface area contributed by atoms with Crippen LogP contribution in [0.15, 0.2) is 0 Å². The molecule has 0 aromatic carbocycles. The third-order valence-corrected chi connectivity index (χ3v) is 10.5. The number of hydrogen-bond donors (Lipinski definition) is 0. The summed E-state index contributed by atoms with van der Waals surface area (Å²) >= 11 is 0. The summed E-state index contributed by atoms with van der Waals surface area (Å²) in [5, 5.41) is 0. The Bertz CT molecular complexity index is 220. The Morgan fingerprint density at radius 3 is 1.76 bits per heavy atom. The quantitative estimate of drug-likeness (QED) is 0.222. The van der Waals surface area contributed by atoms with Crippen molar-refractivity contribution >= 4 is 8.07 Å². The first kappa shape index (κ1) is 19.2. The lowest BCUT2D eigenvalue weighted by Gasteiger charge is -2.32. The van der Waals surface area contributed by atoms with Crippen LogP contribution in [-0.2, 0) is 9.47 Å². The van der Waals surface area contributed by atoms with Gasteiger partial charge in [-0.05, 0) is 6.42 Å². The van der Waals surface area contributed by atoms with E-state index in [1.54, 1.807) is 18.1 Å². The Morgan fingerprint density at radius 2 is 1.33 bits per heavy atom. The summed E-state index contributed by atoms with van der Waals surface area (Å²) in [6, 6.07) is 6.19. The summed E-state index contributed by atoms with van der Waals surface area (Å²) in [4.78, 5) is 0. The van der Waals surface area contributed by atoms with Crippen LogP contribution >= 0.6 is 0 Å². The van der Waals surface area contributed by atoms with Gasteiger partial charge in [-0.2, -0.15) is 0 Å². The Hall–Kier alpha value is 0.137. The summed E-state index contributed by atoms with van der Waals surface area (Å²) in [6.07, 6.45) is 10.2. The molecule has 1 saturated heterocycles. The van der Waals surface area contributed by atoms with Gasteiger partial charge in [-0.15, -0.1) is 0 Å². The molecule has 1 rings (SSSR count). The van der Waals surface area contributed by atoms with Crippen LogP contribution in [0.2, 0.25) is 24.2 Å². The molecular formula is C18H38O2Si. The van der Waals surface area contributed by atoms with E-state index in [9.17, 15) is 0 Å². The van der Waals surface area contributed by atoms with Crippen molar-refractivity contribution in [3.63, 3.8) is 0 Å². The lowest BCUT2D eigenvalue weighted by Crippen LogP contribution is -2.34. The highest BCUT2D eigenvalue weighted by Crippen LogP contribution is 2.33. The molecule has 1 unspecified atom stereocenters. The average Bonchev–Trinajstić information content (AvgIpc) is 3.32. The molecule has 0 radical (unpaired) electrons. The van der Waals surface area contributed by atoms with Gasteiger partial charge in [-0.3, -0.25) is 0 Å². The SMILES string of the molecule is CCCC[Si](CCCC)(CCCC)CCCOCC1CO1. The predicted octanol–water partition coefficient (Wildman–Crippen LogP) is 5.64. The van der Waals surface area contributed by atoms with E-state index in [4.69, 9.17) is 9.47 Å². The smallest absolute Gasteiger partial charge is 0.104 e. The van der Waals surface area contributed by atoms with E-state index in [2.05, 4.69) is 20.8 Å². The van der Waals surface area contributed by atoms with E-state index in [-0.39, 0.29) is 0 Å². The predicted molar refractivity (Wildman–Crippen MR) is 94.9 cm³/mol. The molecule has 0 saturated carbocycles. The fraction of sp³-hybridized carbons (Fsp3) is 1.00. The largest absolute Gasteiger partial charge is 0.379 e. The molecule has 0 N–H and O–H groups in total. The minimum absolute atomic E-state index is 0.423. The van der Waals surface area contributed by atoms with Crippen LogP contribution in [0.25, 0.3) is 0 Å². The minimum Gasteiger partial charge on any atom is -0.379 e. The first-order chi connectivity index (χ1) is 10.3. The average molecular weight is 315 g/mol. The van der Waals surface area contributed by atoms with Gasteiger partial charge in [0.25, 0.3) is 0 Å². The fourth-order valence-electron chi connectivity index (χ4n) is 3.33. The second kappa shape index (κ2) is 11.7. The van der Waals surface area contributed by atoms with Gasteiger partial charge in [0.2, 0.25) is 0 Å². The van der Waals surface area contributed by atoms with Crippen molar-refractivity contribution < 1.29 is 9.47 Å². The van der Waals surface area contributed by atoms with Gasteiger partial charge in [0.1, 0.15) is 6.10 Å². The van der Waals surface area contributed by atoms with Crippen molar-refractivity contribution in [2.24, 2.45) is 0 Å². The number of unbranched alkanes of at least 4 members (excludes halogenated alkanes) is 3. The lowest BCUT2D eigenvalue weighted by molar-refractivity contribution is 0.117. The molecule has 0 amide bonds. The van der Waals surface area contributed by atoms with Crippen LogP contribution in [0.1, 0.15) is 65.7 Å². The van der Waals surface area contributed by atoms with Crippen LogP contribution in [0, 0.1) is 0 Å². The zero-order valence-electron chi connectivity index (χ0n) is 14.8. The molecule has 126 valence electrons. The van der Waals surface area contributed by atoms with E-state index in [0.717, 1.165) is 19.8 Å². The summed E-state index contributed by atoms with van der Waals surface area (Å²) in [5.41, 5.74) is 0. The molecule has 1 aliphatic rings. The van der Waals surface area contributed by atoms with Crippen LogP contribution in [-0.4, -0.2) is 34.0 Å². The summed E-state index contributed by atoms with van der Waals surface area (Å²) < 4.78 is 11.0. The van der Waals surface area contributed by atoms with Crippen LogP contribution in [0.5, 0.6) is 0 Å². The molecule has 0 aliphatic carbocycles. The van der Waals surface area contributed by atoms with Crippen LogP contribution in [0.4, 0.5) is 0 Å². The van der Waals surface area contributed by atoms with Gasteiger partial charge in [-0.25, -0.2) is 0 Å². The van der Waals surface area contributed by atoms with Crippen molar-refractivity contribution in [2.75, 3.05) is 19.8 Å². The maximum Gasteiger partial charge on any atom is 0.104 e. The van der Waals surface area contributed by atoms with Gasteiger partial charge in [0.05, 0.1) is 21.3 Å². The van der Waals surface area contributed by atoms with Gasteiger partial charge < -0.3 is 9.47 Å². The van der Waals surface area contributed by atoms with Crippen molar-refractivity contribution in [1.29, 1.82) is 0 Å². The zero-order valence-corrected chi connectivity index (χ0v) is 15.8. The van der Waals surface area contributed by atoms with Crippen LogP contribution in [0.3, 0.4) is 0 Å². The molecule has 0 aromatic heterocycles. The number of epoxide rings is 1. The Kier molecular flexibility index (Phi) is 10.7. The van der Waals surface area contributed by atoms with Gasteiger partial charge in [0, 0.05) is 6.61 Å². The minimum atomic E-state index is -1.03. The molecule has 1 heterocycles. The van der Waals surface area contributed by atoms with Gasteiger partial charge in [0.15, 0.2) is 0 Å². The maximum atomic E-state index is 5.76. The van der Waals surface area contributed by atoms with Crippen molar-refractivity contribution in [3.8, 4) is 0 Å². The number of ether oxygens (including phenoxy) is 2. The van der Waals surface area contributed by atoms with E-state index < -0.39 is 8.07 Å². The Morgan fingerprint density at radius 1 is 0.857 bits per heavy atom. The van der Waals surface area contributed by atoms with Crippen LogP contribution < -0.4 is 0 Å².